The van der Waals surface area contributed by atoms with Crippen molar-refractivity contribution in [3.8, 4) is 0 Å². The monoisotopic (exact) mass is 481 g/mol. The van der Waals surface area contributed by atoms with E-state index in [2.05, 4.69) is 25.8 Å². The highest BCUT2D eigenvalue weighted by molar-refractivity contribution is 14.0. The third kappa shape index (κ3) is 5.36. The van der Waals surface area contributed by atoms with Gasteiger partial charge in [-0.25, -0.2) is 4.99 Å². The average Bonchev–Trinajstić information content (AvgIpc) is 3.07. The Hall–Kier alpha value is -2.76. The molecule has 3 aromatic rings. The molecule has 0 amide bonds. The summed E-state index contributed by atoms with van der Waals surface area (Å²) in [5.41, 5.74) is 1.61. The van der Waals surface area contributed by atoms with E-state index in [0.29, 0.717) is 25.6 Å². The molecule has 0 saturated heterocycles. The van der Waals surface area contributed by atoms with Gasteiger partial charge in [0.1, 0.15) is 0 Å². The Morgan fingerprint density at radius 1 is 1.22 bits per heavy atom. The first-order valence-corrected chi connectivity index (χ1v) is 8.21. The van der Waals surface area contributed by atoms with Crippen molar-refractivity contribution >= 4 is 41.3 Å². The summed E-state index contributed by atoms with van der Waals surface area (Å²) in [6.07, 6.45) is 1.90. The second kappa shape index (κ2) is 9.80. The molecule has 9 nitrogen and oxygen atoms in total. The fourth-order valence-corrected chi connectivity index (χ4v) is 2.45. The Balaban J connectivity index is 0.00000261. The van der Waals surface area contributed by atoms with Crippen molar-refractivity contribution in [2.45, 2.75) is 20.0 Å². The van der Waals surface area contributed by atoms with Crippen molar-refractivity contribution in [3.05, 3.63) is 70.2 Å². The molecule has 2 N–H and O–H groups in total. The molecule has 0 aliphatic carbocycles. The fraction of sp³-hybridized carbons (Fsp3) is 0.235. The molecule has 142 valence electrons. The topological polar surface area (TPSA) is 110 Å². The molecule has 0 atom stereocenters. The smallest absolute Gasteiger partial charge is 0.269 e. The minimum absolute atomic E-state index is 0. The van der Waals surface area contributed by atoms with Gasteiger partial charge in [-0.15, -0.1) is 34.2 Å². The highest BCUT2D eigenvalue weighted by Crippen LogP contribution is 2.13. The number of fused-ring (bicyclic) bond motifs is 1. The van der Waals surface area contributed by atoms with Crippen LogP contribution in [0.15, 0.2) is 53.7 Å². The predicted octanol–water partition coefficient (Wildman–Crippen LogP) is 2.51. The molecule has 0 unspecified atom stereocenters. The summed E-state index contributed by atoms with van der Waals surface area (Å²) in [7, 11) is 0. The zero-order valence-corrected chi connectivity index (χ0v) is 17.0. The highest BCUT2D eigenvalue weighted by Gasteiger charge is 2.07. The minimum atomic E-state index is -0.410. The fourth-order valence-electron chi connectivity index (χ4n) is 2.45. The first kappa shape index (κ1) is 20.6. The van der Waals surface area contributed by atoms with Gasteiger partial charge in [0.05, 0.1) is 18.0 Å². The number of non-ortho nitro benzene ring substituents is 1. The summed E-state index contributed by atoms with van der Waals surface area (Å²) in [6.45, 7) is 3.45. The molecule has 0 aliphatic rings. The van der Waals surface area contributed by atoms with Crippen LogP contribution < -0.4 is 10.6 Å². The Morgan fingerprint density at radius 3 is 2.85 bits per heavy atom. The van der Waals surface area contributed by atoms with Crippen LogP contribution in [0, 0.1) is 10.1 Å². The van der Waals surface area contributed by atoms with Crippen molar-refractivity contribution in [1.82, 2.24) is 25.2 Å². The second-order valence-corrected chi connectivity index (χ2v) is 5.52. The molecular weight excluding hydrogens is 461 g/mol. The number of aromatic nitrogens is 3. The molecule has 0 radical (unpaired) electrons. The van der Waals surface area contributed by atoms with Gasteiger partial charge in [0.15, 0.2) is 17.4 Å². The van der Waals surface area contributed by atoms with Crippen LogP contribution in [0.5, 0.6) is 0 Å². The van der Waals surface area contributed by atoms with Crippen molar-refractivity contribution in [1.29, 1.82) is 0 Å². The first-order chi connectivity index (χ1) is 12.7. The molecule has 0 fully saturated rings. The molecule has 0 aliphatic heterocycles. The normalized spacial score (nSPS) is 11.1. The number of hydrogen-bond acceptors (Lipinski definition) is 5. The maximum Gasteiger partial charge on any atom is 0.269 e. The summed E-state index contributed by atoms with van der Waals surface area (Å²) in [4.78, 5) is 14.9. The van der Waals surface area contributed by atoms with E-state index in [4.69, 9.17) is 0 Å². The minimum Gasteiger partial charge on any atom is -0.357 e. The summed E-state index contributed by atoms with van der Waals surface area (Å²) >= 11 is 0. The highest BCUT2D eigenvalue weighted by atomic mass is 127. The number of aliphatic imine (C=N–C) groups is 1. The van der Waals surface area contributed by atoms with Crippen molar-refractivity contribution < 1.29 is 4.92 Å². The SMILES string of the molecule is CCNC(=NCc1cccc([N+](=O)[O-])c1)NCc1nnc2ccccn12.I. The molecule has 2 heterocycles. The van der Waals surface area contributed by atoms with Gasteiger partial charge < -0.3 is 10.6 Å². The van der Waals surface area contributed by atoms with Gasteiger partial charge in [-0.3, -0.25) is 14.5 Å². The molecule has 0 saturated carbocycles. The zero-order valence-electron chi connectivity index (χ0n) is 14.7. The lowest BCUT2D eigenvalue weighted by atomic mass is 10.2. The number of guanidine groups is 1. The molecule has 0 bridgehead atoms. The quantitative estimate of drug-likeness (QED) is 0.184. The molecule has 3 rings (SSSR count). The number of nitrogens with one attached hydrogen (secondary N) is 2. The Morgan fingerprint density at radius 2 is 2.07 bits per heavy atom. The predicted molar refractivity (Wildman–Crippen MR) is 113 cm³/mol. The number of nitro benzene ring substituents is 1. The van der Waals surface area contributed by atoms with E-state index in [-0.39, 0.29) is 29.7 Å². The second-order valence-electron chi connectivity index (χ2n) is 5.52. The Bertz CT molecular complexity index is 942. The van der Waals surface area contributed by atoms with Crippen LogP contribution in [0.3, 0.4) is 0 Å². The summed E-state index contributed by atoms with van der Waals surface area (Å²) in [5, 5.41) is 25.5. The van der Waals surface area contributed by atoms with Gasteiger partial charge >= 0.3 is 0 Å². The molecule has 1 aromatic carbocycles. The van der Waals surface area contributed by atoms with Gasteiger partial charge in [-0.2, -0.15) is 0 Å². The lowest BCUT2D eigenvalue weighted by Gasteiger charge is -2.10. The van der Waals surface area contributed by atoms with Crippen LogP contribution in [0.2, 0.25) is 0 Å². The maximum atomic E-state index is 10.9. The Kier molecular flexibility index (Phi) is 7.46. The van der Waals surface area contributed by atoms with Crippen LogP contribution in [0.25, 0.3) is 5.65 Å². The number of hydrogen-bond donors (Lipinski definition) is 2. The van der Waals surface area contributed by atoms with Gasteiger partial charge in [0, 0.05) is 24.9 Å². The molecule has 10 heteroatoms. The largest absolute Gasteiger partial charge is 0.357 e. The van der Waals surface area contributed by atoms with Gasteiger partial charge in [0.25, 0.3) is 5.69 Å². The van der Waals surface area contributed by atoms with Crippen molar-refractivity contribution in [3.63, 3.8) is 0 Å². The van der Waals surface area contributed by atoms with E-state index in [9.17, 15) is 10.1 Å². The first-order valence-electron chi connectivity index (χ1n) is 8.21. The summed E-state index contributed by atoms with van der Waals surface area (Å²) in [5.74, 6) is 1.37. The van der Waals surface area contributed by atoms with Crippen LogP contribution >= 0.6 is 24.0 Å². The van der Waals surface area contributed by atoms with E-state index in [1.54, 1.807) is 6.07 Å². The summed E-state index contributed by atoms with van der Waals surface area (Å²) in [6, 6.07) is 12.2. The van der Waals surface area contributed by atoms with Gasteiger partial charge in [-0.1, -0.05) is 18.2 Å². The van der Waals surface area contributed by atoms with E-state index < -0.39 is 4.92 Å². The van der Waals surface area contributed by atoms with Gasteiger partial charge in [0.2, 0.25) is 0 Å². The van der Waals surface area contributed by atoms with Crippen LogP contribution in [0.1, 0.15) is 18.3 Å². The molecule has 2 aromatic heterocycles. The van der Waals surface area contributed by atoms with Crippen LogP contribution in [-0.4, -0.2) is 32.0 Å². The van der Waals surface area contributed by atoms with Crippen molar-refractivity contribution in [2.75, 3.05) is 6.54 Å². The number of halogens is 1. The van der Waals surface area contributed by atoms with Crippen molar-refractivity contribution in [2.24, 2.45) is 4.99 Å². The maximum absolute atomic E-state index is 10.9. The molecular formula is C17H20IN7O2. The lowest BCUT2D eigenvalue weighted by molar-refractivity contribution is -0.384. The third-order valence-corrected chi connectivity index (χ3v) is 3.68. The number of nitro groups is 1. The van der Waals surface area contributed by atoms with E-state index in [0.717, 1.165) is 17.0 Å². The summed E-state index contributed by atoms with van der Waals surface area (Å²) < 4.78 is 1.90. The standard InChI is InChI=1S/C17H19N7O2.HI/c1-2-18-17(19-11-13-6-5-7-14(10-13)24(25)26)20-12-16-22-21-15-8-3-4-9-23(15)16;/h3-10H,2,11-12H2,1H3,(H2,18,19,20);1H. The number of pyridine rings is 1. The number of benzene rings is 1. The van der Waals surface area contributed by atoms with E-state index >= 15 is 0 Å². The molecule has 0 spiro atoms. The lowest BCUT2D eigenvalue weighted by Crippen LogP contribution is -2.37. The molecule has 27 heavy (non-hydrogen) atoms. The average molecular weight is 481 g/mol. The van der Waals surface area contributed by atoms with E-state index in [1.807, 2.05) is 41.8 Å². The van der Waals surface area contributed by atoms with Crippen LogP contribution in [-0.2, 0) is 13.1 Å². The van der Waals surface area contributed by atoms with E-state index in [1.165, 1.54) is 12.1 Å². The van der Waals surface area contributed by atoms with Crippen LogP contribution in [0.4, 0.5) is 5.69 Å². The van der Waals surface area contributed by atoms with Gasteiger partial charge in [-0.05, 0) is 24.6 Å². The third-order valence-electron chi connectivity index (χ3n) is 3.68. The zero-order chi connectivity index (χ0) is 18.4. The number of rotatable bonds is 6. The Labute approximate surface area is 173 Å². The number of nitrogens with zero attached hydrogens (tertiary/aromatic N) is 5.